The lowest BCUT2D eigenvalue weighted by Crippen LogP contribution is -2.27. The van der Waals surface area contributed by atoms with Gasteiger partial charge in [0, 0.05) is 18.3 Å². The van der Waals surface area contributed by atoms with Gasteiger partial charge < -0.3 is 15.7 Å². The molecule has 0 amide bonds. The van der Waals surface area contributed by atoms with Crippen LogP contribution in [0.4, 0.5) is 5.69 Å². The third kappa shape index (κ3) is 3.75. The zero-order chi connectivity index (χ0) is 12.8. The van der Waals surface area contributed by atoms with E-state index < -0.39 is 0 Å². The zero-order valence-electron chi connectivity index (χ0n) is 9.76. The topological polar surface area (TPSA) is 44.3 Å². The summed E-state index contributed by atoms with van der Waals surface area (Å²) in [7, 11) is 0. The molecule has 0 unspecified atom stereocenters. The molecule has 0 saturated carbocycles. The lowest BCUT2D eigenvalue weighted by molar-refractivity contribution is 0.475. The predicted octanol–water partition coefficient (Wildman–Crippen LogP) is 2.88. The Bertz CT molecular complexity index is 528. The van der Waals surface area contributed by atoms with E-state index in [1.54, 1.807) is 18.2 Å². The van der Waals surface area contributed by atoms with Crippen molar-refractivity contribution in [3.8, 4) is 5.75 Å². The third-order valence-corrected chi connectivity index (χ3v) is 2.65. The number of hydrogen-bond acceptors (Lipinski definition) is 2. The van der Waals surface area contributed by atoms with Crippen molar-refractivity contribution in [2.75, 3.05) is 5.32 Å². The maximum absolute atomic E-state index is 9.33. The Hall–Kier alpha value is -2.07. The lowest BCUT2D eigenvalue weighted by Gasteiger charge is -2.10. The molecule has 0 saturated heterocycles. The molecule has 0 aliphatic heterocycles. The van der Waals surface area contributed by atoms with Crippen molar-refractivity contribution in [3.63, 3.8) is 0 Å². The van der Waals surface area contributed by atoms with Gasteiger partial charge >= 0.3 is 0 Å². The molecule has 2 aromatic carbocycles. The van der Waals surface area contributed by atoms with Crippen LogP contribution in [0.5, 0.6) is 5.75 Å². The fourth-order valence-electron chi connectivity index (χ4n) is 1.54. The summed E-state index contributed by atoms with van der Waals surface area (Å²) < 4.78 is 0. The second kappa shape index (κ2) is 6.02. The Balaban J connectivity index is 1.86. The van der Waals surface area contributed by atoms with Crippen LogP contribution in [-0.4, -0.2) is 10.2 Å². The standard InChI is InChI=1S/C14H14N2OS/c17-13-8-4-7-12(9-13)16-14(18)15-10-11-5-2-1-3-6-11/h1-9,17H,10H2,(H2,15,16,18). The van der Waals surface area contributed by atoms with Crippen LogP contribution in [0, 0.1) is 0 Å². The Morgan fingerprint density at radius 3 is 2.56 bits per heavy atom. The fourth-order valence-corrected chi connectivity index (χ4v) is 1.73. The number of thiocarbonyl (C=S) groups is 1. The van der Waals surface area contributed by atoms with Gasteiger partial charge in [0.25, 0.3) is 0 Å². The average Bonchev–Trinajstić information content (AvgIpc) is 2.38. The van der Waals surface area contributed by atoms with Crippen LogP contribution in [0.15, 0.2) is 54.6 Å². The number of rotatable bonds is 3. The van der Waals surface area contributed by atoms with E-state index in [9.17, 15) is 5.11 Å². The van der Waals surface area contributed by atoms with Gasteiger partial charge in [-0.25, -0.2) is 0 Å². The molecule has 0 atom stereocenters. The van der Waals surface area contributed by atoms with Gasteiger partial charge in [-0.1, -0.05) is 36.4 Å². The smallest absolute Gasteiger partial charge is 0.171 e. The van der Waals surface area contributed by atoms with E-state index in [-0.39, 0.29) is 5.75 Å². The van der Waals surface area contributed by atoms with Crippen molar-refractivity contribution < 1.29 is 5.11 Å². The van der Waals surface area contributed by atoms with Gasteiger partial charge in [0.05, 0.1) is 0 Å². The summed E-state index contributed by atoms with van der Waals surface area (Å²) in [5.41, 5.74) is 1.93. The van der Waals surface area contributed by atoms with E-state index >= 15 is 0 Å². The van der Waals surface area contributed by atoms with Gasteiger partial charge in [-0.05, 0) is 29.9 Å². The Kier molecular flexibility index (Phi) is 4.15. The van der Waals surface area contributed by atoms with Crippen LogP contribution in [0.25, 0.3) is 0 Å². The lowest BCUT2D eigenvalue weighted by atomic mass is 10.2. The van der Waals surface area contributed by atoms with E-state index in [1.165, 1.54) is 0 Å². The second-order valence-corrected chi connectivity index (χ2v) is 4.25. The van der Waals surface area contributed by atoms with Crippen molar-refractivity contribution in [1.82, 2.24) is 5.32 Å². The molecular weight excluding hydrogens is 244 g/mol. The summed E-state index contributed by atoms with van der Waals surface area (Å²) in [5, 5.41) is 16.0. The number of phenolic OH excluding ortho intramolecular Hbond substituents is 1. The molecule has 2 aromatic rings. The van der Waals surface area contributed by atoms with Gasteiger partial charge in [0.1, 0.15) is 5.75 Å². The minimum absolute atomic E-state index is 0.214. The maximum Gasteiger partial charge on any atom is 0.171 e. The van der Waals surface area contributed by atoms with Crippen molar-refractivity contribution in [1.29, 1.82) is 0 Å². The van der Waals surface area contributed by atoms with Crippen molar-refractivity contribution in [3.05, 3.63) is 60.2 Å². The largest absolute Gasteiger partial charge is 0.508 e. The van der Waals surface area contributed by atoms with Crippen LogP contribution < -0.4 is 10.6 Å². The molecule has 0 aromatic heterocycles. The minimum atomic E-state index is 0.214. The Morgan fingerprint density at radius 2 is 1.83 bits per heavy atom. The summed E-state index contributed by atoms with van der Waals surface area (Å²) in [5.74, 6) is 0.214. The second-order valence-electron chi connectivity index (χ2n) is 3.84. The molecule has 0 spiro atoms. The van der Waals surface area contributed by atoms with E-state index in [0.29, 0.717) is 11.7 Å². The maximum atomic E-state index is 9.33. The average molecular weight is 258 g/mol. The van der Waals surface area contributed by atoms with Crippen LogP contribution in [0.2, 0.25) is 0 Å². The van der Waals surface area contributed by atoms with E-state index in [1.807, 2.05) is 36.4 Å². The van der Waals surface area contributed by atoms with Crippen LogP contribution >= 0.6 is 12.2 Å². The molecule has 0 heterocycles. The zero-order valence-corrected chi connectivity index (χ0v) is 10.6. The van der Waals surface area contributed by atoms with E-state index in [0.717, 1.165) is 11.3 Å². The molecule has 0 fully saturated rings. The first-order valence-electron chi connectivity index (χ1n) is 5.62. The highest BCUT2D eigenvalue weighted by molar-refractivity contribution is 7.80. The number of hydrogen-bond donors (Lipinski definition) is 3. The summed E-state index contributed by atoms with van der Waals surface area (Å²) in [4.78, 5) is 0. The molecule has 3 N–H and O–H groups in total. The number of benzene rings is 2. The van der Waals surface area contributed by atoms with Crippen LogP contribution in [0.1, 0.15) is 5.56 Å². The Labute approximate surface area is 111 Å². The molecular formula is C14H14N2OS. The number of anilines is 1. The van der Waals surface area contributed by atoms with Gasteiger partial charge in [0.15, 0.2) is 5.11 Å². The first kappa shape index (κ1) is 12.4. The number of aromatic hydroxyl groups is 1. The van der Waals surface area contributed by atoms with Gasteiger partial charge in [0.2, 0.25) is 0 Å². The first-order valence-corrected chi connectivity index (χ1v) is 6.03. The molecule has 4 heteroatoms. The SMILES string of the molecule is Oc1cccc(NC(=S)NCc2ccccc2)c1. The van der Waals surface area contributed by atoms with E-state index in [2.05, 4.69) is 10.6 Å². The summed E-state index contributed by atoms with van der Waals surface area (Å²) in [6.45, 7) is 0.672. The van der Waals surface area contributed by atoms with Gasteiger partial charge in [-0.3, -0.25) is 0 Å². The van der Waals surface area contributed by atoms with Crippen molar-refractivity contribution in [2.24, 2.45) is 0 Å². The molecule has 92 valence electrons. The molecule has 2 rings (SSSR count). The first-order chi connectivity index (χ1) is 8.74. The quantitative estimate of drug-likeness (QED) is 0.741. The highest BCUT2D eigenvalue weighted by Crippen LogP contribution is 2.15. The van der Waals surface area contributed by atoms with Crippen LogP contribution in [0.3, 0.4) is 0 Å². The van der Waals surface area contributed by atoms with Crippen LogP contribution in [-0.2, 0) is 6.54 Å². The highest BCUT2D eigenvalue weighted by Gasteiger charge is 1.98. The van der Waals surface area contributed by atoms with Gasteiger partial charge in [-0.2, -0.15) is 0 Å². The number of phenols is 1. The number of nitrogens with one attached hydrogen (secondary N) is 2. The molecule has 0 aliphatic carbocycles. The van der Waals surface area contributed by atoms with E-state index in [4.69, 9.17) is 12.2 Å². The predicted molar refractivity (Wildman–Crippen MR) is 77.6 cm³/mol. The molecule has 18 heavy (non-hydrogen) atoms. The molecule has 3 nitrogen and oxygen atoms in total. The Morgan fingerprint density at radius 1 is 1.06 bits per heavy atom. The molecule has 0 radical (unpaired) electrons. The molecule has 0 aliphatic rings. The summed E-state index contributed by atoms with van der Waals surface area (Å²) in [6, 6.07) is 16.9. The normalized spacial score (nSPS) is 9.78. The minimum Gasteiger partial charge on any atom is -0.508 e. The van der Waals surface area contributed by atoms with Gasteiger partial charge in [-0.15, -0.1) is 0 Å². The summed E-state index contributed by atoms with van der Waals surface area (Å²) >= 11 is 5.17. The summed E-state index contributed by atoms with van der Waals surface area (Å²) in [6.07, 6.45) is 0. The third-order valence-electron chi connectivity index (χ3n) is 2.40. The molecule has 0 bridgehead atoms. The monoisotopic (exact) mass is 258 g/mol. The van der Waals surface area contributed by atoms with Crippen molar-refractivity contribution >= 4 is 23.0 Å². The fraction of sp³-hybridized carbons (Fsp3) is 0.0714. The van der Waals surface area contributed by atoms with Crippen molar-refractivity contribution in [2.45, 2.75) is 6.54 Å². The highest BCUT2D eigenvalue weighted by atomic mass is 32.1.